The lowest BCUT2D eigenvalue weighted by Gasteiger charge is -2.24. The Morgan fingerprint density at radius 2 is 2.06 bits per heavy atom. The van der Waals surface area contributed by atoms with Crippen molar-refractivity contribution in [1.82, 2.24) is 4.90 Å². The topological polar surface area (TPSA) is 57.6 Å². The molecule has 5 heteroatoms. The number of benzene rings is 1. The standard InChI is InChI=1S/C13H16ClNO3/c1-4-10(13(17)18)15(3)12(16)9-7-5-6-8(2)11(9)14/h5-7,10H,4H2,1-3H3,(H,17,18). The number of carbonyl (C=O) groups excluding carboxylic acids is 1. The Morgan fingerprint density at radius 1 is 1.44 bits per heavy atom. The van der Waals surface area contributed by atoms with Crippen molar-refractivity contribution in [2.24, 2.45) is 0 Å². The number of carboxylic acid groups (broad SMARTS) is 1. The van der Waals surface area contributed by atoms with Gasteiger partial charge in [0, 0.05) is 7.05 Å². The summed E-state index contributed by atoms with van der Waals surface area (Å²) in [7, 11) is 1.48. The first-order valence-electron chi connectivity index (χ1n) is 5.65. The molecule has 0 bridgehead atoms. The summed E-state index contributed by atoms with van der Waals surface area (Å²) in [5, 5.41) is 9.41. The molecule has 0 aliphatic carbocycles. The molecule has 0 heterocycles. The molecule has 0 spiro atoms. The van der Waals surface area contributed by atoms with Gasteiger partial charge in [0.25, 0.3) is 5.91 Å². The molecule has 1 rings (SSSR count). The third-order valence-electron chi connectivity index (χ3n) is 2.88. The number of hydrogen-bond acceptors (Lipinski definition) is 2. The average Bonchev–Trinajstić information content (AvgIpc) is 2.32. The molecule has 1 aromatic rings. The molecule has 1 amide bonds. The van der Waals surface area contributed by atoms with Gasteiger partial charge in [-0.3, -0.25) is 4.79 Å². The Kier molecular flexibility index (Phi) is 4.73. The lowest BCUT2D eigenvalue weighted by atomic mass is 10.1. The third-order valence-corrected chi connectivity index (χ3v) is 3.38. The number of amides is 1. The van der Waals surface area contributed by atoms with Crippen molar-refractivity contribution in [3.05, 3.63) is 34.3 Å². The number of aliphatic carboxylic acids is 1. The molecule has 0 aromatic heterocycles. The predicted molar refractivity (Wildman–Crippen MR) is 70.0 cm³/mol. The number of carbonyl (C=O) groups is 2. The number of hydrogen-bond donors (Lipinski definition) is 1. The number of aryl methyl sites for hydroxylation is 1. The van der Waals surface area contributed by atoms with E-state index in [9.17, 15) is 9.59 Å². The summed E-state index contributed by atoms with van der Waals surface area (Å²) >= 11 is 6.06. The molecule has 0 saturated carbocycles. The van der Waals surface area contributed by atoms with E-state index in [1.54, 1.807) is 32.0 Å². The molecule has 18 heavy (non-hydrogen) atoms. The first-order chi connectivity index (χ1) is 8.40. The van der Waals surface area contributed by atoms with Crippen LogP contribution in [-0.4, -0.2) is 35.0 Å². The molecule has 1 unspecified atom stereocenters. The molecule has 1 aromatic carbocycles. The van der Waals surface area contributed by atoms with Gasteiger partial charge in [-0.05, 0) is 25.0 Å². The van der Waals surface area contributed by atoms with Gasteiger partial charge in [0.2, 0.25) is 0 Å². The molecular formula is C13H16ClNO3. The van der Waals surface area contributed by atoms with E-state index in [2.05, 4.69) is 0 Å². The van der Waals surface area contributed by atoms with Gasteiger partial charge in [-0.15, -0.1) is 0 Å². The normalized spacial score (nSPS) is 12.0. The number of nitrogens with zero attached hydrogens (tertiary/aromatic N) is 1. The minimum absolute atomic E-state index is 0.332. The van der Waals surface area contributed by atoms with E-state index in [0.717, 1.165) is 5.56 Å². The Bertz CT molecular complexity index is 473. The van der Waals surface area contributed by atoms with Crippen LogP contribution in [0, 0.1) is 6.92 Å². The molecule has 1 atom stereocenters. The van der Waals surface area contributed by atoms with Gasteiger partial charge in [0.1, 0.15) is 6.04 Å². The minimum Gasteiger partial charge on any atom is -0.480 e. The first kappa shape index (κ1) is 14.5. The van der Waals surface area contributed by atoms with Crippen LogP contribution in [0.3, 0.4) is 0 Å². The van der Waals surface area contributed by atoms with Crippen LogP contribution in [0.5, 0.6) is 0 Å². The molecule has 0 saturated heterocycles. The lowest BCUT2D eigenvalue weighted by Crippen LogP contribution is -2.42. The van der Waals surface area contributed by atoms with E-state index in [-0.39, 0.29) is 5.91 Å². The van der Waals surface area contributed by atoms with Crippen LogP contribution in [0.25, 0.3) is 0 Å². The fourth-order valence-electron chi connectivity index (χ4n) is 1.76. The molecule has 0 radical (unpaired) electrons. The minimum atomic E-state index is -1.02. The van der Waals surface area contributed by atoms with Crippen LogP contribution in [0.15, 0.2) is 18.2 Å². The quantitative estimate of drug-likeness (QED) is 0.914. The fraction of sp³-hybridized carbons (Fsp3) is 0.385. The summed E-state index contributed by atoms with van der Waals surface area (Å²) in [6.07, 6.45) is 0.348. The van der Waals surface area contributed by atoms with E-state index in [1.807, 2.05) is 0 Å². The zero-order chi connectivity index (χ0) is 13.9. The van der Waals surface area contributed by atoms with Crippen LogP contribution >= 0.6 is 11.6 Å². The fourth-order valence-corrected chi connectivity index (χ4v) is 1.97. The van der Waals surface area contributed by atoms with Crippen molar-refractivity contribution >= 4 is 23.5 Å². The van der Waals surface area contributed by atoms with Crippen LogP contribution < -0.4 is 0 Å². The van der Waals surface area contributed by atoms with Crippen molar-refractivity contribution in [3.63, 3.8) is 0 Å². The van der Waals surface area contributed by atoms with Gasteiger partial charge in [0.05, 0.1) is 10.6 Å². The van der Waals surface area contributed by atoms with Crippen molar-refractivity contribution < 1.29 is 14.7 Å². The molecule has 0 aliphatic rings. The maximum Gasteiger partial charge on any atom is 0.326 e. The summed E-state index contributed by atoms with van der Waals surface area (Å²) in [6.45, 7) is 3.52. The second-order valence-corrected chi connectivity index (χ2v) is 4.49. The highest BCUT2D eigenvalue weighted by atomic mass is 35.5. The number of carboxylic acids is 1. The van der Waals surface area contributed by atoms with Crippen molar-refractivity contribution in [3.8, 4) is 0 Å². The SMILES string of the molecule is CCC(C(=O)O)N(C)C(=O)c1cccc(C)c1Cl. The second-order valence-electron chi connectivity index (χ2n) is 4.11. The maximum absolute atomic E-state index is 12.2. The van der Waals surface area contributed by atoms with E-state index >= 15 is 0 Å². The Morgan fingerprint density at radius 3 is 2.56 bits per heavy atom. The van der Waals surface area contributed by atoms with Crippen molar-refractivity contribution in [2.45, 2.75) is 26.3 Å². The van der Waals surface area contributed by atoms with E-state index < -0.39 is 12.0 Å². The van der Waals surface area contributed by atoms with E-state index in [1.165, 1.54) is 11.9 Å². The van der Waals surface area contributed by atoms with Crippen molar-refractivity contribution in [1.29, 1.82) is 0 Å². The van der Waals surface area contributed by atoms with Crippen molar-refractivity contribution in [2.75, 3.05) is 7.05 Å². The zero-order valence-electron chi connectivity index (χ0n) is 10.6. The number of rotatable bonds is 4. The van der Waals surface area contributed by atoms with Crippen LogP contribution in [0.4, 0.5) is 0 Å². The van der Waals surface area contributed by atoms with Crippen LogP contribution in [-0.2, 0) is 4.79 Å². The lowest BCUT2D eigenvalue weighted by molar-refractivity contribution is -0.142. The highest BCUT2D eigenvalue weighted by molar-refractivity contribution is 6.34. The molecule has 1 N–H and O–H groups in total. The highest BCUT2D eigenvalue weighted by Crippen LogP contribution is 2.22. The summed E-state index contributed by atoms with van der Waals surface area (Å²) in [6, 6.07) is 4.29. The molecule has 4 nitrogen and oxygen atoms in total. The summed E-state index contributed by atoms with van der Waals surface area (Å²) in [4.78, 5) is 24.4. The van der Waals surface area contributed by atoms with Gasteiger partial charge >= 0.3 is 5.97 Å². The second kappa shape index (κ2) is 5.87. The van der Waals surface area contributed by atoms with Crippen LogP contribution in [0.2, 0.25) is 5.02 Å². The molecule has 98 valence electrons. The van der Waals surface area contributed by atoms with Gasteiger partial charge in [0.15, 0.2) is 0 Å². The van der Waals surface area contributed by atoms with Gasteiger partial charge in [-0.2, -0.15) is 0 Å². The van der Waals surface area contributed by atoms with Gasteiger partial charge in [-0.1, -0.05) is 30.7 Å². The molecular weight excluding hydrogens is 254 g/mol. The molecule has 0 aliphatic heterocycles. The molecule has 0 fully saturated rings. The Hall–Kier alpha value is -1.55. The average molecular weight is 270 g/mol. The maximum atomic E-state index is 12.2. The highest BCUT2D eigenvalue weighted by Gasteiger charge is 2.26. The van der Waals surface area contributed by atoms with E-state index in [0.29, 0.717) is 17.0 Å². The zero-order valence-corrected chi connectivity index (χ0v) is 11.4. The number of likely N-dealkylation sites (N-methyl/N-ethyl adjacent to an activating group) is 1. The van der Waals surface area contributed by atoms with Crippen LogP contribution in [0.1, 0.15) is 29.3 Å². The third kappa shape index (κ3) is 2.82. The first-order valence-corrected chi connectivity index (χ1v) is 6.03. The monoisotopic (exact) mass is 269 g/mol. The summed E-state index contributed by atoms with van der Waals surface area (Å²) in [5.74, 6) is -1.39. The van der Waals surface area contributed by atoms with Gasteiger partial charge in [-0.25, -0.2) is 4.79 Å². The summed E-state index contributed by atoms with van der Waals surface area (Å²) < 4.78 is 0. The number of halogens is 1. The predicted octanol–water partition coefficient (Wildman–Crippen LogP) is 2.58. The largest absolute Gasteiger partial charge is 0.480 e. The summed E-state index contributed by atoms with van der Waals surface area (Å²) in [5.41, 5.74) is 1.12. The van der Waals surface area contributed by atoms with E-state index in [4.69, 9.17) is 16.7 Å². The Balaban J connectivity index is 3.07. The smallest absolute Gasteiger partial charge is 0.326 e. The van der Waals surface area contributed by atoms with Gasteiger partial charge < -0.3 is 10.0 Å². The Labute approximate surface area is 111 Å².